The first-order chi connectivity index (χ1) is 13.4. The van der Waals surface area contributed by atoms with E-state index in [4.69, 9.17) is 18.9 Å². The normalized spacial score (nSPS) is 13.4. The number of methoxy groups -OCH3 is 4. The van der Waals surface area contributed by atoms with E-state index < -0.39 is 11.8 Å². The molecular formula is C20H19NO7. The van der Waals surface area contributed by atoms with Crippen LogP contribution in [0.3, 0.4) is 0 Å². The number of hydrogen-bond donors (Lipinski definition) is 2. The van der Waals surface area contributed by atoms with Crippen LogP contribution in [0.15, 0.2) is 30.3 Å². The number of aromatic hydroxyl groups is 1. The van der Waals surface area contributed by atoms with Gasteiger partial charge in [-0.2, -0.15) is 0 Å². The minimum atomic E-state index is -0.554. The first-order valence-corrected chi connectivity index (χ1v) is 8.22. The van der Waals surface area contributed by atoms with Crippen LogP contribution >= 0.6 is 0 Å². The van der Waals surface area contributed by atoms with Gasteiger partial charge in [-0.25, -0.2) is 0 Å². The van der Waals surface area contributed by atoms with E-state index in [-0.39, 0.29) is 22.6 Å². The molecule has 0 spiro atoms. The molecule has 1 aliphatic rings. The van der Waals surface area contributed by atoms with E-state index in [0.717, 1.165) is 0 Å². The Morgan fingerprint density at radius 2 is 1.21 bits per heavy atom. The van der Waals surface area contributed by atoms with Gasteiger partial charge in [0.15, 0.2) is 23.0 Å². The van der Waals surface area contributed by atoms with Crippen LogP contribution in [-0.2, 0) is 9.59 Å². The first-order valence-electron chi connectivity index (χ1n) is 8.22. The van der Waals surface area contributed by atoms with Gasteiger partial charge in [0, 0.05) is 0 Å². The third kappa shape index (κ3) is 3.09. The van der Waals surface area contributed by atoms with Crippen LogP contribution in [0.2, 0.25) is 0 Å². The number of phenols is 1. The summed E-state index contributed by atoms with van der Waals surface area (Å²) in [5.41, 5.74) is 1.14. The second-order valence-corrected chi connectivity index (χ2v) is 5.83. The zero-order valence-electron chi connectivity index (χ0n) is 15.8. The van der Waals surface area contributed by atoms with Crippen molar-refractivity contribution in [1.29, 1.82) is 0 Å². The summed E-state index contributed by atoms with van der Waals surface area (Å²) in [6.45, 7) is 0. The van der Waals surface area contributed by atoms with E-state index in [1.807, 2.05) is 0 Å². The van der Waals surface area contributed by atoms with Crippen LogP contribution in [-0.4, -0.2) is 45.4 Å². The lowest BCUT2D eigenvalue weighted by atomic mass is 9.95. The summed E-state index contributed by atoms with van der Waals surface area (Å²) in [5, 5.41) is 12.1. The summed E-state index contributed by atoms with van der Waals surface area (Å²) in [6, 6.07) is 7.59. The fraction of sp³-hybridized carbons (Fsp3) is 0.200. The van der Waals surface area contributed by atoms with Crippen LogP contribution < -0.4 is 24.3 Å². The van der Waals surface area contributed by atoms with E-state index >= 15 is 0 Å². The molecule has 3 rings (SSSR count). The molecule has 0 atom stereocenters. The lowest BCUT2D eigenvalue weighted by molar-refractivity contribution is -0.122. The lowest BCUT2D eigenvalue weighted by Gasteiger charge is -2.15. The minimum absolute atomic E-state index is 0.0779. The smallest absolute Gasteiger partial charge is 0.259 e. The first kappa shape index (κ1) is 19.1. The van der Waals surface area contributed by atoms with Gasteiger partial charge in [0.05, 0.1) is 39.6 Å². The monoisotopic (exact) mass is 385 g/mol. The molecule has 0 aromatic heterocycles. The maximum absolute atomic E-state index is 12.6. The maximum Gasteiger partial charge on any atom is 0.259 e. The third-order valence-electron chi connectivity index (χ3n) is 4.35. The fourth-order valence-electron chi connectivity index (χ4n) is 3.06. The van der Waals surface area contributed by atoms with E-state index in [1.54, 1.807) is 12.1 Å². The van der Waals surface area contributed by atoms with Crippen LogP contribution in [0, 0.1) is 0 Å². The van der Waals surface area contributed by atoms with Crippen molar-refractivity contribution in [2.24, 2.45) is 0 Å². The molecule has 0 saturated carbocycles. The molecule has 1 aliphatic heterocycles. The average molecular weight is 385 g/mol. The van der Waals surface area contributed by atoms with Gasteiger partial charge < -0.3 is 24.1 Å². The Bertz CT molecular complexity index is 969. The molecule has 0 fully saturated rings. The molecule has 1 heterocycles. The highest BCUT2D eigenvalue weighted by Gasteiger charge is 2.33. The molecular weight excluding hydrogens is 366 g/mol. The summed E-state index contributed by atoms with van der Waals surface area (Å²) in [4.78, 5) is 25.1. The highest BCUT2D eigenvalue weighted by atomic mass is 16.5. The molecule has 146 valence electrons. The second kappa shape index (κ2) is 7.51. The summed E-state index contributed by atoms with van der Waals surface area (Å²) >= 11 is 0. The van der Waals surface area contributed by atoms with Crippen molar-refractivity contribution < 1.29 is 33.6 Å². The van der Waals surface area contributed by atoms with Crippen LogP contribution in [0.4, 0.5) is 0 Å². The Labute approximate surface area is 161 Å². The summed E-state index contributed by atoms with van der Waals surface area (Å²) in [6.07, 6.45) is 0. The molecule has 0 radical (unpaired) electrons. The number of benzene rings is 2. The number of hydrogen-bond acceptors (Lipinski definition) is 7. The van der Waals surface area contributed by atoms with Crippen LogP contribution in [0.25, 0.3) is 11.1 Å². The Morgan fingerprint density at radius 1 is 0.714 bits per heavy atom. The van der Waals surface area contributed by atoms with Gasteiger partial charge in [0.2, 0.25) is 5.75 Å². The third-order valence-corrected chi connectivity index (χ3v) is 4.35. The lowest BCUT2D eigenvalue weighted by Crippen LogP contribution is -2.22. The molecule has 0 bridgehead atoms. The quantitative estimate of drug-likeness (QED) is 0.733. The number of amides is 2. The van der Waals surface area contributed by atoms with Gasteiger partial charge in [-0.05, 0) is 35.4 Å². The van der Waals surface area contributed by atoms with Crippen molar-refractivity contribution in [1.82, 2.24) is 5.32 Å². The molecule has 2 N–H and O–H groups in total. The predicted molar refractivity (Wildman–Crippen MR) is 101 cm³/mol. The van der Waals surface area contributed by atoms with Crippen molar-refractivity contribution in [3.05, 3.63) is 41.5 Å². The van der Waals surface area contributed by atoms with E-state index in [0.29, 0.717) is 28.4 Å². The number of carbonyl (C=O) groups is 2. The van der Waals surface area contributed by atoms with Gasteiger partial charge in [-0.1, -0.05) is 6.07 Å². The largest absolute Gasteiger partial charge is 0.504 e. The second-order valence-electron chi connectivity index (χ2n) is 5.83. The van der Waals surface area contributed by atoms with Crippen LogP contribution in [0.1, 0.15) is 11.1 Å². The zero-order chi connectivity index (χ0) is 20.4. The van der Waals surface area contributed by atoms with Gasteiger partial charge in [-0.3, -0.25) is 14.9 Å². The summed E-state index contributed by atoms with van der Waals surface area (Å²) in [5.74, 6) is 0.0559. The van der Waals surface area contributed by atoms with Crippen LogP contribution in [0.5, 0.6) is 28.7 Å². The predicted octanol–water partition coefficient (Wildman–Crippen LogP) is 1.99. The SMILES string of the molecule is COc1cc(C2=C(c3cc(OC)c(OC)c(OC)c3)C(=O)NC2=O)ccc1O. The Hall–Kier alpha value is -3.68. The molecule has 2 aromatic carbocycles. The Morgan fingerprint density at radius 3 is 1.71 bits per heavy atom. The highest BCUT2D eigenvalue weighted by Crippen LogP contribution is 2.42. The molecule has 8 nitrogen and oxygen atoms in total. The minimum Gasteiger partial charge on any atom is -0.504 e. The average Bonchev–Trinajstić information content (AvgIpc) is 3.00. The Kier molecular flexibility index (Phi) is 5.12. The number of rotatable bonds is 6. The van der Waals surface area contributed by atoms with Gasteiger partial charge in [0.1, 0.15) is 0 Å². The Balaban J connectivity index is 2.28. The number of phenolic OH excluding ortho intramolecular Hbond substituents is 1. The summed E-state index contributed by atoms with van der Waals surface area (Å²) in [7, 11) is 5.79. The molecule has 2 amide bonds. The number of nitrogens with one attached hydrogen (secondary N) is 1. The molecule has 0 saturated heterocycles. The topological polar surface area (TPSA) is 103 Å². The van der Waals surface area contributed by atoms with E-state index in [1.165, 1.54) is 46.6 Å². The standard InChI is InChI=1S/C20H19NO7/c1-25-13-7-10(5-6-12(13)22)16-17(20(24)21-19(16)23)11-8-14(26-2)18(28-4)15(9-11)27-3/h5-9,22H,1-4H3,(H,21,23,24). The number of imide groups is 1. The molecule has 28 heavy (non-hydrogen) atoms. The van der Waals surface area contributed by atoms with E-state index in [9.17, 15) is 14.7 Å². The molecule has 0 unspecified atom stereocenters. The van der Waals surface area contributed by atoms with Gasteiger partial charge in [-0.15, -0.1) is 0 Å². The molecule has 8 heteroatoms. The van der Waals surface area contributed by atoms with Gasteiger partial charge in [0.25, 0.3) is 11.8 Å². The molecule has 2 aromatic rings. The van der Waals surface area contributed by atoms with E-state index in [2.05, 4.69) is 5.32 Å². The molecule has 0 aliphatic carbocycles. The number of carbonyl (C=O) groups excluding carboxylic acids is 2. The van der Waals surface area contributed by atoms with Crippen molar-refractivity contribution >= 4 is 23.0 Å². The zero-order valence-corrected chi connectivity index (χ0v) is 15.8. The van der Waals surface area contributed by atoms with Gasteiger partial charge >= 0.3 is 0 Å². The highest BCUT2D eigenvalue weighted by molar-refractivity contribution is 6.49. The number of ether oxygens (including phenoxy) is 4. The van der Waals surface area contributed by atoms with Crippen molar-refractivity contribution in [2.45, 2.75) is 0 Å². The maximum atomic E-state index is 12.6. The fourth-order valence-corrected chi connectivity index (χ4v) is 3.06. The van der Waals surface area contributed by atoms with Crippen molar-refractivity contribution in [3.63, 3.8) is 0 Å². The summed E-state index contributed by atoms with van der Waals surface area (Å²) < 4.78 is 21.1. The van der Waals surface area contributed by atoms with Crippen molar-refractivity contribution in [3.8, 4) is 28.7 Å². The van der Waals surface area contributed by atoms with Crippen molar-refractivity contribution in [2.75, 3.05) is 28.4 Å².